The summed E-state index contributed by atoms with van der Waals surface area (Å²) < 4.78 is 29.4. The molecule has 0 unspecified atom stereocenters. The maximum atomic E-state index is 12.8. The van der Waals surface area contributed by atoms with E-state index < -0.39 is 10.0 Å². The molecule has 0 aliphatic carbocycles. The molecule has 1 aliphatic rings. The van der Waals surface area contributed by atoms with Gasteiger partial charge in [-0.25, -0.2) is 13.1 Å². The van der Waals surface area contributed by atoms with Crippen molar-refractivity contribution in [1.82, 2.24) is 24.0 Å². The molecule has 1 fully saturated rings. The molecule has 10 heteroatoms. The fourth-order valence-corrected chi connectivity index (χ4v) is 4.78. The number of carbonyl (C=O) groups is 1. The van der Waals surface area contributed by atoms with Crippen molar-refractivity contribution in [2.45, 2.75) is 4.90 Å². The molecule has 0 bridgehead atoms. The number of hydrogen-bond acceptors (Lipinski definition) is 5. The lowest BCUT2D eigenvalue weighted by molar-refractivity contribution is 0.0698. The summed E-state index contributed by atoms with van der Waals surface area (Å²) in [7, 11) is -3.60. The number of carbonyl (C=O) groups excluding carboxylic acids is 1. The minimum Gasteiger partial charge on any atom is -0.336 e. The summed E-state index contributed by atoms with van der Waals surface area (Å²) in [5, 5.41) is 4.27. The van der Waals surface area contributed by atoms with Crippen molar-refractivity contribution in [3.63, 3.8) is 0 Å². The number of aromatic nitrogens is 3. The van der Waals surface area contributed by atoms with Gasteiger partial charge in [0.05, 0.1) is 17.4 Å². The van der Waals surface area contributed by atoms with E-state index in [-0.39, 0.29) is 23.9 Å². The van der Waals surface area contributed by atoms with Gasteiger partial charge in [0, 0.05) is 49.2 Å². The molecule has 0 radical (unpaired) electrons. The monoisotopic (exact) mass is 475 g/mol. The fourth-order valence-electron chi connectivity index (χ4n) is 3.13. The fraction of sp³-hybridized carbons (Fsp3) is 0.211. The normalized spacial score (nSPS) is 15.4. The van der Waals surface area contributed by atoms with Crippen LogP contribution in [0.1, 0.15) is 10.4 Å². The molecule has 0 atom stereocenters. The van der Waals surface area contributed by atoms with Crippen molar-refractivity contribution in [3.8, 4) is 5.69 Å². The minimum absolute atomic E-state index is 0.160. The molecule has 0 spiro atoms. The van der Waals surface area contributed by atoms with Gasteiger partial charge in [-0.3, -0.25) is 9.78 Å². The summed E-state index contributed by atoms with van der Waals surface area (Å²) >= 11 is 3.39. The predicted octanol–water partition coefficient (Wildman–Crippen LogP) is 2.18. The molecule has 3 heterocycles. The lowest BCUT2D eigenvalue weighted by atomic mass is 10.2. The van der Waals surface area contributed by atoms with E-state index in [2.05, 4.69) is 26.0 Å². The summed E-state index contributed by atoms with van der Waals surface area (Å²) in [6.07, 6.45) is 6.08. The third-order valence-electron chi connectivity index (χ3n) is 4.72. The van der Waals surface area contributed by atoms with Gasteiger partial charge in [0.15, 0.2) is 0 Å². The van der Waals surface area contributed by atoms with Gasteiger partial charge >= 0.3 is 0 Å². The van der Waals surface area contributed by atoms with Gasteiger partial charge in [-0.1, -0.05) is 15.9 Å². The Hall–Kier alpha value is -2.56. The highest BCUT2D eigenvalue weighted by atomic mass is 79.9. The van der Waals surface area contributed by atoms with Gasteiger partial charge in [-0.15, -0.1) is 0 Å². The first-order chi connectivity index (χ1) is 13.9. The molecule has 3 aromatic rings. The Morgan fingerprint density at radius 2 is 1.72 bits per heavy atom. The highest BCUT2D eigenvalue weighted by Gasteiger charge is 2.30. The number of hydrogen-bond donors (Lipinski definition) is 0. The van der Waals surface area contributed by atoms with E-state index in [9.17, 15) is 13.2 Å². The second-order valence-electron chi connectivity index (χ2n) is 6.54. The summed E-state index contributed by atoms with van der Waals surface area (Å²) in [4.78, 5) is 18.5. The lowest BCUT2D eigenvalue weighted by Crippen LogP contribution is -2.50. The highest BCUT2D eigenvalue weighted by molar-refractivity contribution is 9.10. The van der Waals surface area contributed by atoms with Crippen molar-refractivity contribution in [2.24, 2.45) is 0 Å². The molecule has 0 N–H and O–H groups in total. The zero-order valence-electron chi connectivity index (χ0n) is 15.3. The van der Waals surface area contributed by atoms with Crippen molar-refractivity contribution >= 4 is 31.9 Å². The molecule has 8 nitrogen and oxygen atoms in total. The van der Waals surface area contributed by atoms with Crippen LogP contribution in [0.4, 0.5) is 0 Å². The van der Waals surface area contributed by atoms with E-state index in [4.69, 9.17) is 0 Å². The molecule has 4 rings (SSSR count). The Labute approximate surface area is 177 Å². The smallest absolute Gasteiger partial charge is 0.257 e. The Bertz CT molecular complexity index is 1110. The van der Waals surface area contributed by atoms with Crippen LogP contribution in [0.5, 0.6) is 0 Å². The van der Waals surface area contributed by atoms with Gasteiger partial charge in [-0.2, -0.15) is 9.40 Å². The van der Waals surface area contributed by atoms with Crippen LogP contribution >= 0.6 is 15.9 Å². The molecular formula is C19H18BrN5O3S. The molecule has 1 aliphatic heterocycles. The maximum Gasteiger partial charge on any atom is 0.257 e. The zero-order chi connectivity index (χ0) is 20.4. The molecule has 1 aromatic carbocycles. The number of sulfonamides is 1. The van der Waals surface area contributed by atoms with Crippen LogP contribution in [-0.2, 0) is 10.0 Å². The largest absolute Gasteiger partial charge is 0.336 e. The molecule has 0 saturated carbocycles. The average Bonchev–Trinajstić information content (AvgIpc) is 3.25. The van der Waals surface area contributed by atoms with Crippen LogP contribution in [0.2, 0.25) is 0 Å². The number of nitrogens with zero attached hydrogens (tertiary/aromatic N) is 5. The minimum atomic E-state index is -3.60. The van der Waals surface area contributed by atoms with E-state index in [0.717, 1.165) is 10.2 Å². The summed E-state index contributed by atoms with van der Waals surface area (Å²) in [5.74, 6) is -0.160. The third-order valence-corrected chi connectivity index (χ3v) is 7.13. The average molecular weight is 476 g/mol. The van der Waals surface area contributed by atoms with Crippen molar-refractivity contribution < 1.29 is 13.2 Å². The molecular weight excluding hydrogens is 458 g/mol. The number of rotatable bonds is 4. The molecule has 29 heavy (non-hydrogen) atoms. The standard InChI is InChI=1S/C19H18BrN5O3S/c20-16-3-5-17(6-4-16)25-14-15(12-22-25)19(26)23-8-10-24(11-9-23)29(27,28)18-2-1-7-21-13-18/h1-7,12-14H,8-11H2. The first-order valence-corrected chi connectivity index (χ1v) is 11.2. The number of benzene rings is 1. The SMILES string of the molecule is O=C(c1cnn(-c2ccc(Br)cc2)c1)N1CCN(S(=O)(=O)c2cccnc2)CC1. The van der Waals surface area contributed by atoms with Crippen molar-refractivity contribution in [1.29, 1.82) is 0 Å². The second-order valence-corrected chi connectivity index (χ2v) is 9.39. The third kappa shape index (κ3) is 4.09. The Morgan fingerprint density at radius 1 is 1.00 bits per heavy atom. The molecule has 150 valence electrons. The number of halogens is 1. The van der Waals surface area contributed by atoms with Crippen LogP contribution in [0.15, 0.2) is 70.6 Å². The van der Waals surface area contributed by atoms with Crippen LogP contribution in [0.25, 0.3) is 5.69 Å². The van der Waals surface area contributed by atoms with Crippen LogP contribution in [0.3, 0.4) is 0 Å². The lowest BCUT2D eigenvalue weighted by Gasteiger charge is -2.33. The van der Waals surface area contributed by atoms with E-state index >= 15 is 0 Å². The van der Waals surface area contributed by atoms with Gasteiger partial charge < -0.3 is 4.90 Å². The Balaban J connectivity index is 1.43. The summed E-state index contributed by atoms with van der Waals surface area (Å²) in [6.45, 7) is 1.12. The molecule has 1 amide bonds. The topological polar surface area (TPSA) is 88.4 Å². The number of piperazine rings is 1. The maximum absolute atomic E-state index is 12.8. The number of pyridine rings is 1. The summed E-state index contributed by atoms with van der Waals surface area (Å²) in [6, 6.07) is 10.7. The van der Waals surface area contributed by atoms with Crippen LogP contribution in [-0.4, -0.2) is 64.5 Å². The van der Waals surface area contributed by atoms with E-state index in [1.807, 2.05) is 24.3 Å². The molecule has 2 aromatic heterocycles. The first kappa shape index (κ1) is 19.7. The number of amides is 1. The van der Waals surface area contributed by atoms with Gasteiger partial charge in [-0.05, 0) is 36.4 Å². The molecule has 1 saturated heterocycles. The van der Waals surface area contributed by atoms with Crippen molar-refractivity contribution in [3.05, 3.63) is 71.2 Å². The van der Waals surface area contributed by atoms with Gasteiger partial charge in [0.1, 0.15) is 4.90 Å². The van der Waals surface area contributed by atoms with Crippen LogP contribution in [0, 0.1) is 0 Å². The van der Waals surface area contributed by atoms with Gasteiger partial charge in [0.25, 0.3) is 5.91 Å². The Morgan fingerprint density at radius 3 is 2.38 bits per heavy atom. The van der Waals surface area contributed by atoms with E-state index in [0.29, 0.717) is 18.7 Å². The highest BCUT2D eigenvalue weighted by Crippen LogP contribution is 2.18. The summed E-state index contributed by atoms with van der Waals surface area (Å²) in [5.41, 5.74) is 1.32. The van der Waals surface area contributed by atoms with Gasteiger partial charge in [0.2, 0.25) is 10.0 Å². The van der Waals surface area contributed by atoms with Crippen molar-refractivity contribution in [2.75, 3.05) is 26.2 Å². The quantitative estimate of drug-likeness (QED) is 0.576. The zero-order valence-corrected chi connectivity index (χ0v) is 17.8. The van der Waals surface area contributed by atoms with E-state index in [1.165, 1.54) is 29.0 Å². The van der Waals surface area contributed by atoms with Crippen LogP contribution < -0.4 is 0 Å². The Kier molecular flexibility index (Phi) is 5.48. The first-order valence-electron chi connectivity index (χ1n) is 8.95. The second kappa shape index (κ2) is 8.05. The predicted molar refractivity (Wildman–Crippen MR) is 110 cm³/mol. The van der Waals surface area contributed by atoms with E-state index in [1.54, 1.807) is 21.8 Å².